The number of carbonyl (C=O) groups is 1. The Balaban J connectivity index is 2.50. The number of hydrogen-bond donors (Lipinski definition) is 1. The summed E-state index contributed by atoms with van der Waals surface area (Å²) in [7, 11) is 1.49. The topological polar surface area (TPSA) is 55.8 Å². The maximum Gasteiger partial charge on any atom is 0.344 e. The minimum absolute atomic E-state index is 0.0457. The molecule has 0 unspecified atom stereocenters. The van der Waals surface area contributed by atoms with Gasteiger partial charge in [0.05, 0.1) is 0 Å². The molecule has 0 aliphatic carbocycles. The zero-order valence-corrected chi connectivity index (χ0v) is 8.61. The normalized spacial score (nSPS) is 24.5. The van der Waals surface area contributed by atoms with Gasteiger partial charge in [0.1, 0.15) is 11.3 Å². The fourth-order valence-corrected chi connectivity index (χ4v) is 1.71. The van der Waals surface area contributed by atoms with E-state index in [4.69, 9.17) is 9.47 Å². The highest BCUT2D eigenvalue weighted by Crippen LogP contribution is 2.32. The molecule has 0 radical (unpaired) electrons. The summed E-state index contributed by atoms with van der Waals surface area (Å²) in [6, 6.07) is 4.95. The minimum atomic E-state index is -0.933. The summed E-state index contributed by atoms with van der Waals surface area (Å²) in [6.45, 7) is 1.69. The van der Waals surface area contributed by atoms with Crippen molar-refractivity contribution in [2.45, 2.75) is 19.1 Å². The molecule has 0 fully saturated rings. The summed E-state index contributed by atoms with van der Waals surface area (Å²) in [6.07, 6.45) is 0.443. The third-order valence-corrected chi connectivity index (χ3v) is 2.58. The molecule has 2 rings (SSSR count). The number of aromatic hydroxyl groups is 1. The first-order valence-electron chi connectivity index (χ1n) is 4.65. The maximum absolute atomic E-state index is 11.6. The van der Waals surface area contributed by atoms with Gasteiger partial charge >= 0.3 is 5.97 Å². The van der Waals surface area contributed by atoms with Crippen LogP contribution in [0.3, 0.4) is 0 Å². The van der Waals surface area contributed by atoms with E-state index in [1.165, 1.54) is 13.2 Å². The monoisotopic (exact) mass is 208 g/mol. The number of cyclic esters (lactones) is 1. The Hall–Kier alpha value is -1.55. The molecule has 0 bridgehead atoms. The number of phenols is 1. The molecule has 15 heavy (non-hydrogen) atoms. The van der Waals surface area contributed by atoms with Gasteiger partial charge in [0.15, 0.2) is 0 Å². The lowest BCUT2D eigenvalue weighted by Gasteiger charge is -2.32. The maximum atomic E-state index is 11.6. The third kappa shape index (κ3) is 1.57. The lowest BCUT2D eigenvalue weighted by Crippen LogP contribution is -2.40. The Morgan fingerprint density at radius 3 is 2.93 bits per heavy atom. The van der Waals surface area contributed by atoms with Crippen LogP contribution in [0.2, 0.25) is 0 Å². The van der Waals surface area contributed by atoms with Crippen LogP contribution in [-0.2, 0) is 15.9 Å². The van der Waals surface area contributed by atoms with Crippen LogP contribution < -0.4 is 0 Å². The molecule has 1 atom stereocenters. The van der Waals surface area contributed by atoms with Crippen molar-refractivity contribution < 1.29 is 19.4 Å². The number of methoxy groups -OCH3 is 1. The number of phenolic OH excluding ortho intramolecular Hbond substituents is 1. The van der Waals surface area contributed by atoms with Gasteiger partial charge in [-0.25, -0.2) is 4.79 Å². The van der Waals surface area contributed by atoms with Crippen molar-refractivity contribution in [1.29, 1.82) is 0 Å². The molecule has 1 aliphatic rings. The Morgan fingerprint density at radius 2 is 2.27 bits per heavy atom. The molecule has 4 heteroatoms. The van der Waals surface area contributed by atoms with E-state index in [-0.39, 0.29) is 11.3 Å². The zero-order chi connectivity index (χ0) is 11.1. The fourth-order valence-electron chi connectivity index (χ4n) is 1.71. The van der Waals surface area contributed by atoms with Gasteiger partial charge in [-0.3, -0.25) is 0 Å². The quantitative estimate of drug-likeness (QED) is 0.710. The number of carbonyl (C=O) groups excluding carboxylic acids is 1. The van der Waals surface area contributed by atoms with Crippen molar-refractivity contribution in [3.8, 4) is 5.75 Å². The van der Waals surface area contributed by atoms with Crippen LogP contribution >= 0.6 is 0 Å². The lowest BCUT2D eigenvalue weighted by atomic mass is 9.96. The van der Waals surface area contributed by atoms with Crippen LogP contribution in [0, 0.1) is 0 Å². The first kappa shape index (κ1) is 9.98. The summed E-state index contributed by atoms with van der Waals surface area (Å²) < 4.78 is 10.2. The first-order chi connectivity index (χ1) is 7.06. The largest absolute Gasteiger partial charge is 0.507 e. The van der Waals surface area contributed by atoms with Crippen molar-refractivity contribution in [2.24, 2.45) is 0 Å². The predicted octanol–water partition coefficient (Wildman–Crippen LogP) is 1.47. The van der Waals surface area contributed by atoms with Crippen LogP contribution in [0.25, 0.3) is 0 Å². The molecule has 0 spiro atoms. The lowest BCUT2D eigenvalue weighted by molar-refractivity contribution is -0.177. The first-order valence-corrected chi connectivity index (χ1v) is 4.65. The number of benzene rings is 1. The summed E-state index contributed by atoms with van der Waals surface area (Å²) in [5, 5.41) is 9.53. The molecule has 0 amide bonds. The van der Waals surface area contributed by atoms with Gasteiger partial charge in [-0.2, -0.15) is 0 Å². The smallest absolute Gasteiger partial charge is 0.344 e. The van der Waals surface area contributed by atoms with E-state index in [9.17, 15) is 9.90 Å². The van der Waals surface area contributed by atoms with Crippen LogP contribution in [0.15, 0.2) is 18.2 Å². The molecular formula is C11H12O4. The average molecular weight is 208 g/mol. The van der Waals surface area contributed by atoms with E-state index >= 15 is 0 Å². The van der Waals surface area contributed by atoms with E-state index in [0.29, 0.717) is 6.42 Å². The van der Waals surface area contributed by atoms with Crippen molar-refractivity contribution >= 4 is 5.97 Å². The predicted molar refractivity (Wildman–Crippen MR) is 52.6 cm³/mol. The SMILES string of the molecule is CO[C@]1(C)Cc2cccc(O)c2C(=O)O1. The second-order valence-electron chi connectivity index (χ2n) is 3.72. The molecule has 1 heterocycles. The second kappa shape index (κ2) is 3.24. The van der Waals surface area contributed by atoms with Gasteiger partial charge in [0.2, 0.25) is 5.79 Å². The molecular weight excluding hydrogens is 196 g/mol. The summed E-state index contributed by atoms with van der Waals surface area (Å²) >= 11 is 0. The Labute approximate surface area is 87.4 Å². The average Bonchev–Trinajstić information content (AvgIpc) is 2.17. The van der Waals surface area contributed by atoms with E-state index in [1.54, 1.807) is 19.1 Å². The highest BCUT2D eigenvalue weighted by molar-refractivity contribution is 5.95. The van der Waals surface area contributed by atoms with E-state index in [2.05, 4.69) is 0 Å². The Kier molecular flexibility index (Phi) is 2.16. The molecule has 4 nitrogen and oxygen atoms in total. The standard InChI is InChI=1S/C11H12O4/c1-11(14-2)6-7-4-3-5-8(12)9(7)10(13)15-11/h3-5,12H,6H2,1-2H3/t11-/m0/s1. The van der Waals surface area contributed by atoms with Gasteiger partial charge in [0.25, 0.3) is 0 Å². The summed E-state index contributed by atoms with van der Waals surface area (Å²) in [5.41, 5.74) is 0.989. The van der Waals surface area contributed by atoms with Gasteiger partial charge in [-0.15, -0.1) is 0 Å². The van der Waals surface area contributed by atoms with Gasteiger partial charge < -0.3 is 14.6 Å². The number of esters is 1. The number of hydrogen-bond acceptors (Lipinski definition) is 4. The van der Waals surface area contributed by atoms with E-state index in [1.807, 2.05) is 0 Å². The molecule has 1 aliphatic heterocycles. The van der Waals surface area contributed by atoms with Crippen LogP contribution in [0.1, 0.15) is 22.8 Å². The van der Waals surface area contributed by atoms with Crippen molar-refractivity contribution in [2.75, 3.05) is 7.11 Å². The fraction of sp³-hybridized carbons (Fsp3) is 0.364. The zero-order valence-electron chi connectivity index (χ0n) is 8.61. The molecule has 0 saturated heterocycles. The van der Waals surface area contributed by atoms with Crippen LogP contribution in [0.4, 0.5) is 0 Å². The van der Waals surface area contributed by atoms with Crippen molar-refractivity contribution in [3.05, 3.63) is 29.3 Å². The van der Waals surface area contributed by atoms with E-state index < -0.39 is 11.8 Å². The Morgan fingerprint density at radius 1 is 1.53 bits per heavy atom. The highest BCUT2D eigenvalue weighted by atomic mass is 16.7. The molecule has 1 aromatic rings. The second-order valence-corrected chi connectivity index (χ2v) is 3.72. The molecule has 0 aromatic heterocycles. The van der Waals surface area contributed by atoms with Crippen molar-refractivity contribution in [1.82, 2.24) is 0 Å². The highest BCUT2D eigenvalue weighted by Gasteiger charge is 2.37. The molecule has 1 aromatic carbocycles. The third-order valence-electron chi connectivity index (χ3n) is 2.58. The van der Waals surface area contributed by atoms with Crippen LogP contribution in [-0.4, -0.2) is 24.0 Å². The molecule has 1 N–H and O–H groups in total. The molecule has 80 valence electrons. The molecule has 0 saturated carbocycles. The van der Waals surface area contributed by atoms with E-state index in [0.717, 1.165) is 5.56 Å². The van der Waals surface area contributed by atoms with Gasteiger partial charge in [-0.05, 0) is 11.6 Å². The number of rotatable bonds is 1. The Bertz CT molecular complexity index is 413. The number of fused-ring (bicyclic) bond motifs is 1. The van der Waals surface area contributed by atoms with Crippen molar-refractivity contribution in [3.63, 3.8) is 0 Å². The summed E-state index contributed by atoms with van der Waals surface area (Å²) in [5.74, 6) is -1.52. The van der Waals surface area contributed by atoms with Gasteiger partial charge in [0, 0.05) is 20.5 Å². The van der Waals surface area contributed by atoms with Gasteiger partial charge in [-0.1, -0.05) is 12.1 Å². The minimum Gasteiger partial charge on any atom is -0.507 e. The summed E-state index contributed by atoms with van der Waals surface area (Å²) in [4.78, 5) is 11.6. The number of ether oxygens (including phenoxy) is 2. The van der Waals surface area contributed by atoms with Crippen LogP contribution in [0.5, 0.6) is 5.75 Å².